The number of H-pyrrole nitrogens is 1. The van der Waals surface area contributed by atoms with E-state index in [4.69, 9.17) is 0 Å². The molecule has 2 amide bonds. The van der Waals surface area contributed by atoms with E-state index >= 15 is 0 Å². The fourth-order valence-corrected chi connectivity index (χ4v) is 5.97. The first-order valence-corrected chi connectivity index (χ1v) is 15.2. The molecule has 0 spiro atoms. The minimum absolute atomic E-state index is 0.0505. The van der Waals surface area contributed by atoms with Crippen LogP contribution in [0, 0.1) is 0 Å². The first-order valence-electron chi connectivity index (χ1n) is 15.2. The molecule has 2 fully saturated rings. The smallest absolute Gasteiger partial charge is 0.280 e. The van der Waals surface area contributed by atoms with Crippen LogP contribution in [0.15, 0.2) is 53.5 Å². The standard InChI is InChI=1S/C33H39N7O4/c1-37-13-17-39(18-14-37)12-11-34-31(42)25-9-7-24(8-10-25)30-28-27(32(43)36-30)29(35-33(28)44)23-5-3-22(4-6-23)26(41)21-40-19-15-38(2)16-20-40/h3-10,35,44H,11-21H2,1-2H3,(H,34,42). The molecule has 0 saturated carbocycles. The van der Waals surface area contributed by atoms with Gasteiger partial charge in [0.2, 0.25) is 0 Å². The molecule has 6 rings (SSSR count). The quantitative estimate of drug-likeness (QED) is 0.319. The number of hydrogen-bond acceptors (Lipinski definition) is 8. The number of likely N-dealkylation sites (N-methyl/N-ethyl adjacent to an activating group) is 2. The number of benzene rings is 2. The zero-order valence-corrected chi connectivity index (χ0v) is 25.3. The number of amides is 2. The Balaban J connectivity index is 1.11. The van der Waals surface area contributed by atoms with Crippen LogP contribution in [0.2, 0.25) is 0 Å². The maximum Gasteiger partial charge on any atom is 0.280 e. The van der Waals surface area contributed by atoms with Crippen LogP contribution in [-0.4, -0.2) is 139 Å². The van der Waals surface area contributed by atoms with Crippen molar-refractivity contribution in [3.63, 3.8) is 0 Å². The Morgan fingerprint density at radius 3 is 2.00 bits per heavy atom. The highest BCUT2D eigenvalue weighted by Gasteiger charge is 2.33. The van der Waals surface area contributed by atoms with Crippen molar-refractivity contribution in [2.75, 3.05) is 86.1 Å². The molecule has 3 aliphatic rings. The summed E-state index contributed by atoms with van der Waals surface area (Å²) in [6.07, 6.45) is 0. The molecule has 0 radical (unpaired) electrons. The number of nitrogens with zero attached hydrogens (tertiary/aromatic N) is 5. The topological polar surface area (TPSA) is 125 Å². The zero-order chi connectivity index (χ0) is 30.8. The van der Waals surface area contributed by atoms with Crippen LogP contribution >= 0.6 is 0 Å². The third-order valence-electron chi connectivity index (χ3n) is 8.83. The molecule has 3 N–H and O–H groups in total. The van der Waals surface area contributed by atoms with E-state index in [1.54, 1.807) is 48.5 Å². The Kier molecular flexibility index (Phi) is 8.72. The van der Waals surface area contributed by atoms with E-state index in [0.717, 1.165) is 58.9 Å². The summed E-state index contributed by atoms with van der Waals surface area (Å²) in [5.41, 5.74) is 3.85. The normalized spacial score (nSPS) is 18.3. The summed E-state index contributed by atoms with van der Waals surface area (Å²) < 4.78 is 0. The lowest BCUT2D eigenvalue weighted by atomic mass is 9.98. The fraction of sp³-hybridized carbons (Fsp3) is 0.394. The van der Waals surface area contributed by atoms with Crippen LogP contribution in [-0.2, 0) is 0 Å². The number of aromatic hydroxyl groups is 1. The van der Waals surface area contributed by atoms with Gasteiger partial charge < -0.3 is 25.2 Å². The summed E-state index contributed by atoms with van der Waals surface area (Å²) in [5, 5.41) is 13.8. The Morgan fingerprint density at radius 1 is 0.795 bits per heavy atom. The van der Waals surface area contributed by atoms with Crippen LogP contribution in [0.4, 0.5) is 0 Å². The predicted octanol–water partition coefficient (Wildman–Crippen LogP) is 1.79. The van der Waals surface area contributed by atoms with Gasteiger partial charge in [0.05, 0.1) is 29.1 Å². The molecule has 11 heteroatoms. The fourth-order valence-electron chi connectivity index (χ4n) is 5.97. The van der Waals surface area contributed by atoms with Crippen molar-refractivity contribution < 1.29 is 19.5 Å². The molecule has 11 nitrogen and oxygen atoms in total. The first-order chi connectivity index (χ1) is 21.3. The Labute approximate surface area is 257 Å². The Hall–Kier alpha value is -4.16. The second kappa shape index (κ2) is 12.8. The summed E-state index contributed by atoms with van der Waals surface area (Å²) >= 11 is 0. The van der Waals surface area contributed by atoms with Gasteiger partial charge in [0.1, 0.15) is 0 Å². The van der Waals surface area contributed by atoms with Gasteiger partial charge in [-0.2, -0.15) is 0 Å². The molecule has 0 unspecified atom stereocenters. The van der Waals surface area contributed by atoms with Gasteiger partial charge in [-0.25, -0.2) is 4.99 Å². The average molecular weight is 598 g/mol. The number of hydrogen-bond donors (Lipinski definition) is 3. The van der Waals surface area contributed by atoms with Crippen LogP contribution in [0.3, 0.4) is 0 Å². The summed E-state index contributed by atoms with van der Waals surface area (Å²) in [5.74, 6) is -0.717. The maximum absolute atomic E-state index is 13.1. The Morgan fingerprint density at radius 2 is 1.36 bits per heavy atom. The number of aromatic amines is 1. The molecular weight excluding hydrogens is 558 g/mol. The molecule has 44 heavy (non-hydrogen) atoms. The summed E-state index contributed by atoms with van der Waals surface area (Å²) in [6, 6.07) is 14.0. The van der Waals surface area contributed by atoms with Crippen LogP contribution in [0.25, 0.3) is 11.3 Å². The molecule has 2 saturated heterocycles. The number of nitrogens with one attached hydrogen (secondary N) is 2. The van der Waals surface area contributed by atoms with Gasteiger partial charge in [-0.05, 0) is 31.8 Å². The third kappa shape index (κ3) is 6.36. The lowest BCUT2D eigenvalue weighted by Crippen LogP contribution is -2.46. The molecule has 3 aromatic rings. The minimum Gasteiger partial charge on any atom is -0.494 e. The SMILES string of the molecule is CN1CCN(CCNC(=O)c2ccc(C3=NC(=O)c4c(-c5ccc(C(=O)CN6CCN(C)CC6)cc5)[nH]c(O)c43)cc2)CC1. The molecule has 1 aromatic heterocycles. The van der Waals surface area contributed by atoms with E-state index in [2.05, 4.69) is 49.0 Å². The number of aromatic nitrogens is 1. The highest BCUT2D eigenvalue weighted by molar-refractivity contribution is 6.30. The lowest BCUT2D eigenvalue weighted by Gasteiger charge is -2.32. The van der Waals surface area contributed by atoms with E-state index in [1.807, 2.05) is 0 Å². The summed E-state index contributed by atoms with van der Waals surface area (Å²) in [7, 11) is 4.20. The van der Waals surface area contributed by atoms with Crippen LogP contribution < -0.4 is 5.32 Å². The van der Waals surface area contributed by atoms with Crippen molar-refractivity contribution >= 4 is 23.3 Å². The van der Waals surface area contributed by atoms with Crippen LogP contribution in [0.5, 0.6) is 5.88 Å². The number of fused-ring (bicyclic) bond motifs is 1. The van der Waals surface area contributed by atoms with Crippen molar-refractivity contribution in [1.82, 2.24) is 29.9 Å². The molecular formula is C33H39N7O4. The van der Waals surface area contributed by atoms with Crippen molar-refractivity contribution in [2.45, 2.75) is 0 Å². The zero-order valence-electron chi connectivity index (χ0n) is 25.3. The molecule has 4 heterocycles. The summed E-state index contributed by atoms with van der Waals surface area (Å²) in [6.45, 7) is 9.45. The van der Waals surface area contributed by atoms with Gasteiger partial charge in [0.25, 0.3) is 11.8 Å². The number of Topliss-reactive ketones (excluding diaryl/α,β-unsaturated/α-hetero) is 1. The van der Waals surface area contributed by atoms with E-state index in [1.165, 1.54) is 0 Å². The maximum atomic E-state index is 13.1. The molecule has 0 atom stereocenters. The van der Waals surface area contributed by atoms with Crippen molar-refractivity contribution in [2.24, 2.45) is 4.99 Å². The van der Waals surface area contributed by atoms with Crippen LogP contribution in [0.1, 0.15) is 42.2 Å². The van der Waals surface area contributed by atoms with Gasteiger partial charge >= 0.3 is 0 Å². The lowest BCUT2D eigenvalue weighted by molar-refractivity contribution is 0.0875. The van der Waals surface area contributed by atoms with E-state index in [9.17, 15) is 19.5 Å². The van der Waals surface area contributed by atoms with Crippen molar-refractivity contribution in [1.29, 1.82) is 0 Å². The molecule has 0 aliphatic carbocycles. The number of rotatable bonds is 9. The molecule has 2 aromatic carbocycles. The molecule has 0 bridgehead atoms. The second-order valence-electron chi connectivity index (χ2n) is 11.9. The Bertz CT molecular complexity index is 1560. The number of ketones is 1. The second-order valence-corrected chi connectivity index (χ2v) is 11.9. The van der Waals surface area contributed by atoms with Crippen molar-refractivity contribution in [3.05, 3.63) is 76.3 Å². The number of piperazine rings is 2. The van der Waals surface area contributed by atoms with Gasteiger partial charge in [0.15, 0.2) is 11.7 Å². The predicted molar refractivity (Wildman–Crippen MR) is 169 cm³/mol. The largest absolute Gasteiger partial charge is 0.494 e. The molecule has 230 valence electrons. The van der Waals surface area contributed by atoms with Gasteiger partial charge in [-0.1, -0.05) is 36.4 Å². The first kappa shape index (κ1) is 29.9. The van der Waals surface area contributed by atoms with E-state index in [-0.39, 0.29) is 17.6 Å². The highest BCUT2D eigenvalue weighted by atomic mass is 16.3. The van der Waals surface area contributed by atoms with Gasteiger partial charge in [-0.15, -0.1) is 0 Å². The van der Waals surface area contributed by atoms with Crippen molar-refractivity contribution in [3.8, 4) is 17.1 Å². The number of carbonyl (C=O) groups is 3. The van der Waals surface area contributed by atoms with E-state index < -0.39 is 5.91 Å². The summed E-state index contributed by atoms with van der Waals surface area (Å²) in [4.78, 5) is 54.9. The highest BCUT2D eigenvalue weighted by Crippen LogP contribution is 2.38. The van der Waals surface area contributed by atoms with Gasteiger partial charge in [0, 0.05) is 82.1 Å². The van der Waals surface area contributed by atoms with Gasteiger partial charge in [-0.3, -0.25) is 24.2 Å². The third-order valence-corrected chi connectivity index (χ3v) is 8.83. The number of carbonyl (C=O) groups excluding carboxylic acids is 3. The average Bonchev–Trinajstić information content (AvgIpc) is 3.57. The monoisotopic (exact) mass is 597 g/mol. The molecule has 3 aliphatic heterocycles. The minimum atomic E-state index is -0.456. The number of aliphatic imine (C=N–C) groups is 1. The van der Waals surface area contributed by atoms with E-state index in [0.29, 0.717) is 57.9 Å².